The highest BCUT2D eigenvalue weighted by Gasteiger charge is 2.68. The minimum absolute atomic E-state index is 0.000316. The van der Waals surface area contributed by atoms with Crippen molar-refractivity contribution in [3.63, 3.8) is 0 Å². The molecule has 4 aliphatic carbocycles. The van der Waals surface area contributed by atoms with Crippen molar-refractivity contribution >= 4 is 17.5 Å². The van der Waals surface area contributed by atoms with E-state index in [9.17, 15) is 14.4 Å². The zero-order valence-electron chi connectivity index (χ0n) is 20.0. The number of hydrogen-bond donors (Lipinski definition) is 0. The SMILES string of the molecule is CCCC(=O)OC1(C(C)=O)CCC2C3C=C(C)C4=CC(=O)CC(C)C4(C)C3CCC21C. The number of ketones is 2. The summed E-state index contributed by atoms with van der Waals surface area (Å²) in [5.74, 6) is 1.42. The molecule has 7 atom stereocenters. The molecule has 4 aliphatic rings. The Hall–Kier alpha value is -1.71. The Bertz CT molecular complexity index is 882. The summed E-state index contributed by atoms with van der Waals surface area (Å²) in [5.41, 5.74) is 1.09. The van der Waals surface area contributed by atoms with E-state index in [-0.39, 0.29) is 28.4 Å². The van der Waals surface area contributed by atoms with Gasteiger partial charge in [-0.25, -0.2) is 0 Å². The lowest BCUT2D eigenvalue weighted by Crippen LogP contribution is -2.59. The molecule has 7 unspecified atom stereocenters. The van der Waals surface area contributed by atoms with Gasteiger partial charge in [-0.1, -0.05) is 39.3 Å². The highest BCUT2D eigenvalue weighted by Crippen LogP contribution is 2.68. The van der Waals surface area contributed by atoms with E-state index in [1.807, 2.05) is 13.0 Å². The fourth-order valence-electron chi connectivity index (χ4n) is 8.03. The van der Waals surface area contributed by atoms with E-state index in [0.29, 0.717) is 42.9 Å². The van der Waals surface area contributed by atoms with E-state index < -0.39 is 5.60 Å². The second kappa shape index (κ2) is 7.42. The van der Waals surface area contributed by atoms with Gasteiger partial charge in [0.25, 0.3) is 0 Å². The Kier molecular flexibility index (Phi) is 5.38. The number of Topliss-reactive ketones (excluding diaryl/α,β-unsaturated/α-hetero) is 1. The summed E-state index contributed by atoms with van der Waals surface area (Å²) in [5, 5.41) is 0. The first kappa shape index (κ1) is 22.5. The third-order valence-electron chi connectivity index (χ3n) is 9.82. The third-order valence-corrected chi connectivity index (χ3v) is 9.82. The molecular formula is C27H38O4. The fourth-order valence-corrected chi connectivity index (χ4v) is 8.03. The minimum atomic E-state index is -0.998. The van der Waals surface area contributed by atoms with Crippen LogP contribution in [0.3, 0.4) is 0 Å². The number of allylic oxidation sites excluding steroid dienone is 4. The van der Waals surface area contributed by atoms with Gasteiger partial charge in [0, 0.05) is 18.3 Å². The fraction of sp³-hybridized carbons (Fsp3) is 0.741. The molecular weight excluding hydrogens is 388 g/mol. The molecule has 4 heteroatoms. The summed E-state index contributed by atoms with van der Waals surface area (Å²) in [4.78, 5) is 37.9. The van der Waals surface area contributed by atoms with Gasteiger partial charge >= 0.3 is 5.97 Å². The van der Waals surface area contributed by atoms with Crippen LogP contribution in [0.5, 0.6) is 0 Å². The van der Waals surface area contributed by atoms with Crippen molar-refractivity contribution in [3.8, 4) is 0 Å². The van der Waals surface area contributed by atoms with Crippen molar-refractivity contribution in [2.45, 2.75) is 92.1 Å². The standard InChI is InChI=1S/C27H38O4/c1-7-8-24(30)31-27(18(4)28)12-10-21-20-13-16(2)23-15-19(29)14-17(3)26(23,6)22(20)9-11-25(21,27)5/h13,15,17,20-22H,7-12,14H2,1-6H3. The maximum absolute atomic E-state index is 13.0. The van der Waals surface area contributed by atoms with E-state index in [1.165, 1.54) is 11.1 Å². The maximum atomic E-state index is 13.0. The highest BCUT2D eigenvalue weighted by molar-refractivity contribution is 5.93. The van der Waals surface area contributed by atoms with Crippen LogP contribution < -0.4 is 0 Å². The monoisotopic (exact) mass is 426 g/mol. The molecule has 0 aromatic rings. The molecule has 0 aliphatic heterocycles. The zero-order valence-corrected chi connectivity index (χ0v) is 20.0. The number of hydrogen-bond acceptors (Lipinski definition) is 4. The van der Waals surface area contributed by atoms with Crippen LogP contribution in [0.1, 0.15) is 86.5 Å². The van der Waals surface area contributed by atoms with Gasteiger partial charge in [-0.05, 0) is 86.7 Å². The molecule has 0 bridgehead atoms. The van der Waals surface area contributed by atoms with Crippen molar-refractivity contribution in [3.05, 3.63) is 23.3 Å². The smallest absolute Gasteiger partial charge is 0.306 e. The summed E-state index contributed by atoms with van der Waals surface area (Å²) in [6, 6.07) is 0. The number of esters is 1. The van der Waals surface area contributed by atoms with Gasteiger partial charge in [0.05, 0.1) is 0 Å². The second-order valence-corrected chi connectivity index (χ2v) is 11.2. The summed E-state index contributed by atoms with van der Waals surface area (Å²) < 4.78 is 6.08. The molecule has 4 rings (SSSR count). The molecule has 2 saturated carbocycles. The lowest BCUT2D eigenvalue weighted by atomic mass is 9.45. The molecule has 4 nitrogen and oxygen atoms in total. The van der Waals surface area contributed by atoms with Gasteiger partial charge in [-0.15, -0.1) is 0 Å². The summed E-state index contributed by atoms with van der Waals surface area (Å²) in [7, 11) is 0. The number of carbonyl (C=O) groups excluding carboxylic acids is 3. The predicted octanol–water partition coefficient (Wildman–Crippen LogP) is 5.60. The molecule has 0 radical (unpaired) electrons. The Morgan fingerprint density at radius 2 is 1.84 bits per heavy atom. The highest BCUT2D eigenvalue weighted by atomic mass is 16.6. The first-order valence-electron chi connectivity index (χ1n) is 12.2. The van der Waals surface area contributed by atoms with E-state index in [1.54, 1.807) is 6.92 Å². The van der Waals surface area contributed by atoms with Gasteiger partial charge in [0.1, 0.15) is 0 Å². The largest absolute Gasteiger partial charge is 0.450 e. The average molecular weight is 427 g/mol. The molecule has 0 heterocycles. The van der Waals surface area contributed by atoms with Crippen molar-refractivity contribution in [2.75, 3.05) is 0 Å². The van der Waals surface area contributed by atoms with E-state index in [2.05, 4.69) is 33.8 Å². The minimum Gasteiger partial charge on any atom is -0.450 e. The van der Waals surface area contributed by atoms with Crippen LogP contribution in [0.15, 0.2) is 23.3 Å². The van der Waals surface area contributed by atoms with E-state index >= 15 is 0 Å². The van der Waals surface area contributed by atoms with Crippen LogP contribution >= 0.6 is 0 Å². The summed E-state index contributed by atoms with van der Waals surface area (Å²) in [6.45, 7) is 12.5. The van der Waals surface area contributed by atoms with E-state index in [0.717, 1.165) is 25.7 Å². The Morgan fingerprint density at radius 3 is 2.48 bits per heavy atom. The van der Waals surface area contributed by atoms with E-state index in [4.69, 9.17) is 4.74 Å². The Morgan fingerprint density at radius 1 is 1.16 bits per heavy atom. The van der Waals surface area contributed by atoms with Gasteiger partial charge in [-0.3, -0.25) is 14.4 Å². The maximum Gasteiger partial charge on any atom is 0.306 e. The average Bonchev–Trinajstić information content (AvgIpc) is 2.98. The quantitative estimate of drug-likeness (QED) is 0.549. The van der Waals surface area contributed by atoms with Gasteiger partial charge < -0.3 is 4.74 Å². The van der Waals surface area contributed by atoms with Crippen molar-refractivity contribution < 1.29 is 19.1 Å². The molecule has 31 heavy (non-hydrogen) atoms. The molecule has 0 N–H and O–H groups in total. The first-order chi connectivity index (χ1) is 14.5. The van der Waals surface area contributed by atoms with Crippen LogP contribution in [0.4, 0.5) is 0 Å². The first-order valence-corrected chi connectivity index (χ1v) is 12.2. The molecule has 170 valence electrons. The molecule has 0 aromatic carbocycles. The second-order valence-electron chi connectivity index (χ2n) is 11.2. The third kappa shape index (κ3) is 2.96. The topological polar surface area (TPSA) is 60.4 Å². The van der Waals surface area contributed by atoms with Gasteiger partial charge in [0.15, 0.2) is 17.2 Å². The van der Waals surface area contributed by atoms with Gasteiger partial charge in [-0.2, -0.15) is 0 Å². The Labute approximate surface area is 186 Å². The summed E-state index contributed by atoms with van der Waals surface area (Å²) in [6.07, 6.45) is 9.40. The van der Waals surface area contributed by atoms with Crippen LogP contribution in [0.25, 0.3) is 0 Å². The molecule has 0 saturated heterocycles. The van der Waals surface area contributed by atoms with Crippen LogP contribution in [0.2, 0.25) is 0 Å². The zero-order chi connectivity index (χ0) is 22.8. The molecule has 0 aromatic heterocycles. The number of carbonyl (C=O) groups is 3. The van der Waals surface area contributed by atoms with Crippen LogP contribution in [-0.4, -0.2) is 23.1 Å². The predicted molar refractivity (Wildman–Crippen MR) is 120 cm³/mol. The van der Waals surface area contributed by atoms with Crippen molar-refractivity contribution in [2.24, 2.45) is 34.5 Å². The van der Waals surface area contributed by atoms with Crippen LogP contribution in [0, 0.1) is 34.5 Å². The number of rotatable bonds is 4. The molecule has 0 spiro atoms. The Balaban J connectivity index is 1.76. The van der Waals surface area contributed by atoms with Gasteiger partial charge in [0.2, 0.25) is 0 Å². The van der Waals surface area contributed by atoms with Crippen molar-refractivity contribution in [1.82, 2.24) is 0 Å². The lowest BCUT2D eigenvalue weighted by Gasteiger charge is -2.59. The van der Waals surface area contributed by atoms with Crippen molar-refractivity contribution in [1.29, 1.82) is 0 Å². The molecule has 0 amide bonds. The lowest BCUT2D eigenvalue weighted by molar-refractivity contribution is -0.187. The number of fused-ring (bicyclic) bond motifs is 5. The van der Waals surface area contributed by atoms with Crippen LogP contribution in [-0.2, 0) is 19.1 Å². The normalized spacial score (nSPS) is 43.9. The summed E-state index contributed by atoms with van der Waals surface area (Å²) >= 11 is 0. The number of ether oxygens (including phenoxy) is 1. The molecule has 2 fully saturated rings.